The number of carboxylic acid groups (broad SMARTS) is 1. The number of nitrogens with zero attached hydrogens (tertiary/aromatic N) is 2. The van der Waals surface area contributed by atoms with Crippen molar-refractivity contribution in [2.24, 2.45) is 16.8 Å². The van der Waals surface area contributed by atoms with Crippen LogP contribution >= 0.6 is 23.2 Å². The van der Waals surface area contributed by atoms with Crippen molar-refractivity contribution in [3.63, 3.8) is 0 Å². The number of nitrogens with one attached hydrogen (secondary N) is 1. The third-order valence-electron chi connectivity index (χ3n) is 8.80. The molecular formula is C33H37Cl2N3O2. The predicted molar refractivity (Wildman–Crippen MR) is 164 cm³/mol. The number of aliphatic carboxylic acids is 1. The van der Waals surface area contributed by atoms with Crippen LogP contribution in [0.25, 0.3) is 0 Å². The van der Waals surface area contributed by atoms with E-state index in [1.54, 1.807) is 6.34 Å². The normalized spacial score (nSPS) is 24.7. The quantitative estimate of drug-likeness (QED) is 0.270. The van der Waals surface area contributed by atoms with E-state index >= 15 is 0 Å². The van der Waals surface area contributed by atoms with Crippen molar-refractivity contribution in [3.05, 3.63) is 100 Å². The lowest BCUT2D eigenvalue weighted by atomic mass is 9.67. The highest BCUT2D eigenvalue weighted by molar-refractivity contribution is 6.30. The van der Waals surface area contributed by atoms with Crippen LogP contribution in [0.3, 0.4) is 0 Å². The average molecular weight is 579 g/mol. The number of hydrogen-bond donors (Lipinski definition) is 2. The molecule has 0 amide bonds. The molecule has 210 valence electrons. The van der Waals surface area contributed by atoms with Crippen LogP contribution in [0.15, 0.2) is 83.9 Å². The molecule has 40 heavy (non-hydrogen) atoms. The van der Waals surface area contributed by atoms with E-state index in [9.17, 15) is 9.90 Å². The summed E-state index contributed by atoms with van der Waals surface area (Å²) in [5.41, 5.74) is 1.77. The van der Waals surface area contributed by atoms with Gasteiger partial charge in [0, 0.05) is 34.2 Å². The molecule has 1 heterocycles. The molecule has 0 saturated heterocycles. The first-order valence-corrected chi connectivity index (χ1v) is 14.8. The van der Waals surface area contributed by atoms with Crippen LogP contribution in [0.5, 0.6) is 0 Å². The Balaban J connectivity index is 1.38. The van der Waals surface area contributed by atoms with Gasteiger partial charge in [0.2, 0.25) is 0 Å². The molecular weight excluding hydrogens is 541 g/mol. The minimum atomic E-state index is -1.25. The molecule has 0 bridgehead atoms. The first kappa shape index (κ1) is 28.5. The van der Waals surface area contributed by atoms with Crippen molar-refractivity contribution in [1.82, 2.24) is 4.90 Å². The molecule has 1 fully saturated rings. The fourth-order valence-corrected chi connectivity index (χ4v) is 6.93. The van der Waals surface area contributed by atoms with Crippen molar-refractivity contribution in [2.45, 2.75) is 69.6 Å². The van der Waals surface area contributed by atoms with E-state index in [2.05, 4.69) is 36.2 Å². The minimum absolute atomic E-state index is 0.109. The van der Waals surface area contributed by atoms with Gasteiger partial charge in [-0.25, -0.2) is 4.79 Å². The first-order valence-electron chi connectivity index (χ1n) is 14.0. The first-order chi connectivity index (χ1) is 19.2. The van der Waals surface area contributed by atoms with Crippen LogP contribution in [0.1, 0.15) is 50.7 Å². The lowest BCUT2D eigenvalue weighted by molar-refractivity contribution is -0.146. The van der Waals surface area contributed by atoms with Gasteiger partial charge in [-0.1, -0.05) is 65.7 Å². The van der Waals surface area contributed by atoms with Crippen molar-refractivity contribution in [2.75, 3.05) is 5.32 Å². The van der Waals surface area contributed by atoms with Gasteiger partial charge in [0.05, 0.1) is 12.4 Å². The van der Waals surface area contributed by atoms with E-state index < -0.39 is 11.5 Å². The van der Waals surface area contributed by atoms with Crippen molar-refractivity contribution in [3.8, 4) is 0 Å². The second kappa shape index (κ2) is 11.8. The Morgan fingerprint density at radius 2 is 1.52 bits per heavy atom. The molecule has 3 aromatic carbocycles. The number of carboxylic acids is 1. The average Bonchev–Trinajstić information content (AvgIpc) is 3.30. The van der Waals surface area contributed by atoms with Crippen LogP contribution in [0.4, 0.5) is 5.69 Å². The summed E-state index contributed by atoms with van der Waals surface area (Å²) in [5, 5.41) is 15.8. The zero-order valence-electron chi connectivity index (χ0n) is 23.1. The van der Waals surface area contributed by atoms with E-state index in [4.69, 9.17) is 28.2 Å². The van der Waals surface area contributed by atoms with Gasteiger partial charge in [-0.15, -0.1) is 0 Å². The number of aliphatic imine (C=N–C) groups is 1. The maximum Gasteiger partial charge on any atom is 0.334 e. The largest absolute Gasteiger partial charge is 0.479 e. The highest BCUT2D eigenvalue weighted by Crippen LogP contribution is 2.45. The van der Waals surface area contributed by atoms with Gasteiger partial charge in [-0.3, -0.25) is 4.99 Å². The summed E-state index contributed by atoms with van der Waals surface area (Å²) < 4.78 is 0. The smallest absolute Gasteiger partial charge is 0.334 e. The SMILES string of the molecule is CC(C)(Nc1ccc(Cl)cc1)C1CCC(C2N(Cc3ccccc3)C=NC2(Cc2ccc(Cl)cc2)C(=O)O)CC1. The maximum atomic E-state index is 13.1. The van der Waals surface area contributed by atoms with Gasteiger partial charge in [-0.2, -0.15) is 0 Å². The Labute approximate surface area is 247 Å². The molecule has 1 saturated carbocycles. The maximum absolute atomic E-state index is 13.1. The summed E-state index contributed by atoms with van der Waals surface area (Å²) >= 11 is 12.2. The fraction of sp³-hybridized carbons (Fsp3) is 0.394. The Kier molecular flexibility index (Phi) is 8.44. The highest BCUT2D eigenvalue weighted by atomic mass is 35.5. The predicted octanol–water partition coefficient (Wildman–Crippen LogP) is 7.97. The molecule has 2 atom stereocenters. The third kappa shape index (κ3) is 6.16. The molecule has 1 aliphatic heterocycles. The summed E-state index contributed by atoms with van der Waals surface area (Å²) in [4.78, 5) is 20.1. The van der Waals surface area contributed by atoms with Crippen LogP contribution < -0.4 is 5.32 Å². The molecule has 2 N–H and O–H groups in total. The number of rotatable bonds is 9. The summed E-state index contributed by atoms with van der Waals surface area (Å²) in [6.45, 7) is 5.15. The lowest BCUT2D eigenvalue weighted by Crippen LogP contribution is -2.57. The second-order valence-electron chi connectivity index (χ2n) is 11.8. The monoisotopic (exact) mass is 577 g/mol. The number of hydrogen-bond acceptors (Lipinski definition) is 4. The zero-order valence-corrected chi connectivity index (χ0v) is 24.6. The van der Waals surface area contributed by atoms with E-state index in [0.29, 0.717) is 23.9 Å². The van der Waals surface area contributed by atoms with Crippen molar-refractivity contribution >= 4 is 41.2 Å². The Morgan fingerprint density at radius 1 is 0.925 bits per heavy atom. The van der Waals surface area contributed by atoms with Crippen molar-refractivity contribution in [1.29, 1.82) is 0 Å². The molecule has 2 aliphatic rings. The molecule has 0 spiro atoms. The number of anilines is 1. The molecule has 7 heteroatoms. The number of benzene rings is 3. The summed E-state index contributed by atoms with van der Waals surface area (Å²) in [6.07, 6.45) is 6.06. The number of halogens is 2. The van der Waals surface area contributed by atoms with Crippen LogP contribution in [-0.4, -0.2) is 39.4 Å². The van der Waals surface area contributed by atoms with Crippen LogP contribution in [0.2, 0.25) is 10.0 Å². The van der Waals surface area contributed by atoms with Gasteiger partial charge in [0.1, 0.15) is 0 Å². The Morgan fingerprint density at radius 3 is 2.12 bits per heavy atom. The molecule has 1 aliphatic carbocycles. The van der Waals surface area contributed by atoms with Gasteiger partial charge in [0.25, 0.3) is 0 Å². The van der Waals surface area contributed by atoms with Gasteiger partial charge in [0.15, 0.2) is 5.54 Å². The van der Waals surface area contributed by atoms with Gasteiger partial charge in [-0.05, 0) is 98.9 Å². The summed E-state index contributed by atoms with van der Waals surface area (Å²) in [6, 6.07) is 25.3. The molecule has 5 rings (SSSR count). The molecule has 2 unspecified atom stereocenters. The van der Waals surface area contributed by atoms with Crippen LogP contribution in [-0.2, 0) is 17.8 Å². The van der Waals surface area contributed by atoms with E-state index in [-0.39, 0.29) is 17.5 Å². The summed E-state index contributed by atoms with van der Waals surface area (Å²) in [5.74, 6) is -0.205. The zero-order chi connectivity index (χ0) is 28.3. The lowest BCUT2D eigenvalue weighted by Gasteiger charge is -2.45. The molecule has 0 aromatic heterocycles. The third-order valence-corrected chi connectivity index (χ3v) is 9.30. The molecule has 3 aromatic rings. The highest BCUT2D eigenvalue weighted by Gasteiger charge is 2.55. The summed E-state index contributed by atoms with van der Waals surface area (Å²) in [7, 11) is 0. The van der Waals surface area contributed by atoms with Gasteiger partial charge < -0.3 is 15.3 Å². The fourth-order valence-electron chi connectivity index (χ4n) is 6.68. The minimum Gasteiger partial charge on any atom is -0.479 e. The second-order valence-corrected chi connectivity index (χ2v) is 12.7. The van der Waals surface area contributed by atoms with E-state index in [1.165, 1.54) is 0 Å². The van der Waals surface area contributed by atoms with E-state index in [1.807, 2.05) is 66.7 Å². The van der Waals surface area contributed by atoms with E-state index in [0.717, 1.165) is 47.5 Å². The topological polar surface area (TPSA) is 64.9 Å². The number of carbonyl (C=O) groups is 1. The standard InChI is InChI=1S/C33H37Cl2N3O2/c1-32(2,37-29-18-16-28(35)17-19-29)26-12-10-25(11-13-26)30-33(31(39)40,20-23-8-14-27(34)15-9-23)36-22-38(30)21-24-6-4-3-5-7-24/h3-9,14-19,22,25-26,30,37H,10-13,20-21H2,1-2H3,(H,39,40). The van der Waals surface area contributed by atoms with Crippen LogP contribution in [0, 0.1) is 11.8 Å². The Hall–Kier alpha value is -3.02. The Bertz CT molecular complexity index is 1320. The van der Waals surface area contributed by atoms with Crippen molar-refractivity contribution < 1.29 is 9.90 Å². The molecule has 0 radical (unpaired) electrons. The molecule has 5 nitrogen and oxygen atoms in total. The van der Waals surface area contributed by atoms with Gasteiger partial charge >= 0.3 is 5.97 Å².